The van der Waals surface area contributed by atoms with Gasteiger partial charge in [0.05, 0.1) is 12.7 Å². The van der Waals surface area contributed by atoms with Gasteiger partial charge in [-0.2, -0.15) is 0 Å². The number of aromatic nitrogens is 1. The Hall–Kier alpha value is -1.42. The number of carbonyl (C=O) groups excluding carboxylic acids is 1. The number of amides is 1. The quantitative estimate of drug-likeness (QED) is 0.843. The summed E-state index contributed by atoms with van der Waals surface area (Å²) in [7, 11) is 0. The van der Waals surface area contributed by atoms with Crippen LogP contribution in [0.5, 0.6) is 0 Å². The highest BCUT2D eigenvalue weighted by atomic mass is 16.5. The molecule has 1 spiro atoms. The average Bonchev–Trinajstić information content (AvgIpc) is 3.05. The molecule has 4 heteroatoms. The van der Waals surface area contributed by atoms with Crippen molar-refractivity contribution >= 4 is 5.91 Å². The molecule has 0 aromatic carbocycles. The van der Waals surface area contributed by atoms with Crippen LogP contribution in [0.4, 0.5) is 0 Å². The highest BCUT2D eigenvalue weighted by Crippen LogP contribution is 2.43. The predicted molar refractivity (Wildman–Crippen MR) is 97.1 cm³/mol. The Morgan fingerprint density at radius 2 is 2.04 bits per heavy atom. The molecule has 1 unspecified atom stereocenters. The van der Waals surface area contributed by atoms with Gasteiger partial charge in [0.1, 0.15) is 0 Å². The third-order valence-electron chi connectivity index (χ3n) is 6.56. The van der Waals surface area contributed by atoms with Gasteiger partial charge in [-0.25, -0.2) is 0 Å². The lowest BCUT2D eigenvalue weighted by atomic mass is 9.75. The van der Waals surface area contributed by atoms with Gasteiger partial charge in [0, 0.05) is 37.8 Å². The van der Waals surface area contributed by atoms with Crippen LogP contribution in [-0.2, 0) is 16.0 Å². The molecule has 0 N–H and O–H groups in total. The number of hydrogen-bond acceptors (Lipinski definition) is 3. The van der Waals surface area contributed by atoms with Crippen molar-refractivity contribution in [1.29, 1.82) is 0 Å². The molecule has 0 bridgehead atoms. The minimum atomic E-state index is 0.302. The standard InChI is InChI=1S/C21H30N2O2/c24-20(18-6-2-1-3-7-18)23-11-8-21(9-12-23)14-19(25-16-21)13-17-5-4-10-22-15-17/h4-5,10,15,18-19H,1-3,6-9,11-14,16H2. The Morgan fingerprint density at radius 1 is 1.24 bits per heavy atom. The zero-order valence-corrected chi connectivity index (χ0v) is 15.2. The second-order valence-corrected chi connectivity index (χ2v) is 8.36. The van der Waals surface area contributed by atoms with Gasteiger partial charge in [0.2, 0.25) is 5.91 Å². The van der Waals surface area contributed by atoms with E-state index in [1.807, 2.05) is 18.5 Å². The van der Waals surface area contributed by atoms with E-state index in [0.717, 1.165) is 58.2 Å². The molecular formula is C21H30N2O2. The molecule has 1 saturated carbocycles. The van der Waals surface area contributed by atoms with E-state index in [2.05, 4.69) is 16.0 Å². The monoisotopic (exact) mass is 342 g/mol. The lowest BCUT2D eigenvalue weighted by Crippen LogP contribution is -2.46. The number of carbonyl (C=O) groups is 1. The Bertz CT molecular complexity index is 575. The first-order chi connectivity index (χ1) is 12.2. The van der Waals surface area contributed by atoms with Gasteiger partial charge in [-0.15, -0.1) is 0 Å². The summed E-state index contributed by atoms with van der Waals surface area (Å²) in [6.07, 6.45) is 14.4. The van der Waals surface area contributed by atoms with E-state index >= 15 is 0 Å². The fourth-order valence-electron chi connectivity index (χ4n) is 4.97. The maximum Gasteiger partial charge on any atom is 0.225 e. The highest BCUT2D eigenvalue weighted by molar-refractivity contribution is 5.79. The van der Waals surface area contributed by atoms with Crippen LogP contribution in [0.3, 0.4) is 0 Å². The van der Waals surface area contributed by atoms with Crippen molar-refractivity contribution in [3.63, 3.8) is 0 Å². The minimum Gasteiger partial charge on any atom is -0.377 e. The summed E-state index contributed by atoms with van der Waals surface area (Å²) in [6.45, 7) is 2.72. The Balaban J connectivity index is 1.29. The van der Waals surface area contributed by atoms with E-state index in [0.29, 0.717) is 23.3 Å². The summed E-state index contributed by atoms with van der Waals surface area (Å²) in [5.74, 6) is 0.737. The lowest BCUT2D eigenvalue weighted by molar-refractivity contribution is -0.139. The molecule has 3 heterocycles. The second kappa shape index (κ2) is 7.45. The molecule has 3 aliphatic rings. The number of pyridine rings is 1. The molecule has 1 aliphatic carbocycles. The summed E-state index contributed by atoms with van der Waals surface area (Å²) in [4.78, 5) is 19.1. The molecule has 1 aromatic rings. The number of nitrogens with zero attached hydrogens (tertiary/aromatic N) is 2. The number of piperidine rings is 1. The molecule has 1 amide bonds. The summed E-state index contributed by atoms with van der Waals surface area (Å²) in [5.41, 5.74) is 1.56. The van der Waals surface area contributed by atoms with Crippen LogP contribution in [0.2, 0.25) is 0 Å². The molecule has 2 aliphatic heterocycles. The highest BCUT2D eigenvalue weighted by Gasteiger charge is 2.43. The van der Waals surface area contributed by atoms with Crippen molar-refractivity contribution in [2.75, 3.05) is 19.7 Å². The number of rotatable bonds is 3. The van der Waals surface area contributed by atoms with Gasteiger partial charge in [-0.1, -0.05) is 25.3 Å². The van der Waals surface area contributed by atoms with E-state index < -0.39 is 0 Å². The third kappa shape index (κ3) is 3.89. The lowest BCUT2D eigenvalue weighted by Gasteiger charge is -2.40. The van der Waals surface area contributed by atoms with Crippen molar-refractivity contribution < 1.29 is 9.53 Å². The van der Waals surface area contributed by atoms with Crippen molar-refractivity contribution in [2.45, 2.75) is 63.9 Å². The molecule has 4 nitrogen and oxygen atoms in total. The maximum atomic E-state index is 12.7. The Labute approximate surface area is 151 Å². The van der Waals surface area contributed by atoms with Crippen LogP contribution in [0.15, 0.2) is 24.5 Å². The van der Waals surface area contributed by atoms with Crippen LogP contribution < -0.4 is 0 Å². The second-order valence-electron chi connectivity index (χ2n) is 8.36. The largest absolute Gasteiger partial charge is 0.377 e. The maximum absolute atomic E-state index is 12.7. The van der Waals surface area contributed by atoms with Crippen LogP contribution in [-0.4, -0.2) is 41.6 Å². The summed E-state index contributed by atoms with van der Waals surface area (Å²) in [6, 6.07) is 4.13. The Morgan fingerprint density at radius 3 is 2.76 bits per heavy atom. The van der Waals surface area contributed by atoms with Gasteiger partial charge >= 0.3 is 0 Å². The van der Waals surface area contributed by atoms with E-state index in [1.165, 1.54) is 24.8 Å². The van der Waals surface area contributed by atoms with Gasteiger partial charge in [-0.3, -0.25) is 9.78 Å². The topological polar surface area (TPSA) is 42.4 Å². The first-order valence-electron chi connectivity index (χ1n) is 10.0. The molecule has 1 aromatic heterocycles. The molecule has 2 saturated heterocycles. The van der Waals surface area contributed by atoms with Crippen LogP contribution in [0.25, 0.3) is 0 Å². The zero-order chi connectivity index (χ0) is 17.1. The van der Waals surface area contributed by atoms with Gasteiger partial charge in [0.15, 0.2) is 0 Å². The van der Waals surface area contributed by atoms with E-state index in [9.17, 15) is 4.79 Å². The zero-order valence-electron chi connectivity index (χ0n) is 15.2. The van der Waals surface area contributed by atoms with Crippen molar-refractivity contribution in [1.82, 2.24) is 9.88 Å². The first-order valence-corrected chi connectivity index (χ1v) is 10.0. The molecule has 1 atom stereocenters. The number of hydrogen-bond donors (Lipinski definition) is 0. The molecule has 4 rings (SSSR count). The van der Waals surface area contributed by atoms with Crippen molar-refractivity contribution in [2.24, 2.45) is 11.3 Å². The van der Waals surface area contributed by atoms with Gasteiger partial charge < -0.3 is 9.64 Å². The van der Waals surface area contributed by atoms with Gasteiger partial charge in [-0.05, 0) is 49.1 Å². The Kier molecular flexibility index (Phi) is 5.07. The number of likely N-dealkylation sites (tertiary alicyclic amines) is 1. The van der Waals surface area contributed by atoms with Crippen LogP contribution >= 0.6 is 0 Å². The molecule has 136 valence electrons. The predicted octanol–water partition coefficient (Wildman–Crippen LogP) is 3.60. The van der Waals surface area contributed by atoms with E-state index in [1.54, 1.807) is 0 Å². The van der Waals surface area contributed by atoms with Crippen molar-refractivity contribution in [3.8, 4) is 0 Å². The first kappa shape index (κ1) is 17.0. The molecular weight excluding hydrogens is 312 g/mol. The smallest absolute Gasteiger partial charge is 0.225 e. The number of ether oxygens (including phenoxy) is 1. The molecule has 0 radical (unpaired) electrons. The summed E-state index contributed by atoms with van der Waals surface area (Å²) >= 11 is 0. The normalized spacial score (nSPS) is 26.9. The molecule has 3 fully saturated rings. The summed E-state index contributed by atoms with van der Waals surface area (Å²) in [5, 5.41) is 0. The van der Waals surface area contributed by atoms with Crippen LogP contribution in [0, 0.1) is 11.3 Å². The van der Waals surface area contributed by atoms with Crippen LogP contribution in [0.1, 0.15) is 56.9 Å². The van der Waals surface area contributed by atoms with E-state index in [4.69, 9.17) is 4.74 Å². The third-order valence-corrected chi connectivity index (χ3v) is 6.56. The van der Waals surface area contributed by atoms with E-state index in [-0.39, 0.29) is 0 Å². The fourth-order valence-corrected chi connectivity index (χ4v) is 4.97. The SMILES string of the molecule is O=C(C1CCCCC1)N1CCC2(CC1)COC(Cc1cccnc1)C2. The molecule has 25 heavy (non-hydrogen) atoms. The average molecular weight is 342 g/mol. The summed E-state index contributed by atoms with van der Waals surface area (Å²) < 4.78 is 6.13. The van der Waals surface area contributed by atoms with Crippen molar-refractivity contribution in [3.05, 3.63) is 30.1 Å². The van der Waals surface area contributed by atoms with Gasteiger partial charge in [0.25, 0.3) is 0 Å². The fraction of sp³-hybridized carbons (Fsp3) is 0.714. The minimum absolute atomic E-state index is 0.302.